The molecule has 2 aromatic carbocycles. The van der Waals surface area contributed by atoms with Gasteiger partial charge in [-0.05, 0) is 62.2 Å². The number of benzene rings is 2. The molecule has 1 aliphatic rings. The number of esters is 1. The number of methoxy groups -OCH3 is 1. The topological polar surface area (TPSA) is 79.1 Å². The monoisotopic (exact) mass is 570 g/mol. The molecule has 4 rings (SSSR count). The van der Waals surface area contributed by atoms with Crippen LogP contribution in [0.15, 0.2) is 68.0 Å². The molecule has 0 aliphatic carbocycles. The lowest BCUT2D eigenvalue weighted by atomic mass is 9.95. The van der Waals surface area contributed by atoms with E-state index in [-0.39, 0.29) is 12.2 Å². The van der Waals surface area contributed by atoms with Crippen LogP contribution in [0.3, 0.4) is 0 Å². The highest BCUT2D eigenvalue weighted by Crippen LogP contribution is 2.37. The van der Waals surface area contributed by atoms with Crippen molar-refractivity contribution in [2.24, 2.45) is 4.99 Å². The number of ether oxygens (including phenoxy) is 3. The summed E-state index contributed by atoms with van der Waals surface area (Å²) in [6, 6.07) is 12.3. The van der Waals surface area contributed by atoms with Gasteiger partial charge in [0.05, 0.1) is 36.1 Å². The molecule has 0 fully saturated rings. The number of halogens is 1. The van der Waals surface area contributed by atoms with Crippen LogP contribution < -0.4 is 24.4 Å². The van der Waals surface area contributed by atoms with Crippen molar-refractivity contribution in [1.82, 2.24) is 4.57 Å². The van der Waals surface area contributed by atoms with Crippen LogP contribution in [0, 0.1) is 0 Å². The molecule has 1 aliphatic heterocycles. The van der Waals surface area contributed by atoms with Crippen molar-refractivity contribution in [3.8, 4) is 11.5 Å². The normalized spacial score (nSPS) is 15.4. The zero-order valence-electron chi connectivity index (χ0n) is 20.5. The van der Waals surface area contributed by atoms with Gasteiger partial charge in [-0.25, -0.2) is 9.79 Å². The van der Waals surface area contributed by atoms with Gasteiger partial charge in [-0.2, -0.15) is 0 Å². The number of carbonyl (C=O) groups is 1. The molecule has 1 atom stereocenters. The summed E-state index contributed by atoms with van der Waals surface area (Å²) in [6.45, 7) is 6.42. The van der Waals surface area contributed by atoms with Crippen LogP contribution in [-0.4, -0.2) is 30.9 Å². The fraction of sp³-hybridized carbons (Fsp3) is 0.296. The first-order chi connectivity index (χ1) is 17.4. The molecule has 7 nitrogen and oxygen atoms in total. The van der Waals surface area contributed by atoms with Crippen molar-refractivity contribution in [3.63, 3.8) is 0 Å². The fourth-order valence-corrected chi connectivity index (χ4v) is 5.46. The SMILES string of the molecule is CCCOc1ccc(/C=c2/sc3n(c2=O)[C@@H](c2cc(Br)ccc2OC)C(C(=O)OCC)=C(C)N=3)cc1. The Morgan fingerprint density at radius 2 is 1.94 bits per heavy atom. The highest BCUT2D eigenvalue weighted by molar-refractivity contribution is 9.10. The van der Waals surface area contributed by atoms with Gasteiger partial charge < -0.3 is 14.2 Å². The number of nitrogens with zero attached hydrogens (tertiary/aromatic N) is 2. The Hall–Kier alpha value is -3.17. The van der Waals surface area contributed by atoms with Crippen molar-refractivity contribution in [1.29, 1.82) is 0 Å². The summed E-state index contributed by atoms with van der Waals surface area (Å²) in [5.41, 5.74) is 2.10. The minimum atomic E-state index is -0.750. The standard InChI is InChI=1S/C27H27BrN2O5S/c1-5-13-35-19-10-7-17(8-11-19)14-22-25(31)30-24(20-15-18(28)9-12-21(20)33-4)23(26(32)34-6-2)16(3)29-27(30)36-22/h7-12,14-15,24H,5-6,13H2,1-4H3/b22-14+/t24-/m0/s1. The quantitative estimate of drug-likeness (QED) is 0.376. The molecule has 0 amide bonds. The van der Waals surface area contributed by atoms with Gasteiger partial charge in [-0.1, -0.05) is 46.3 Å². The Kier molecular flexibility index (Phi) is 8.11. The number of aromatic nitrogens is 1. The molecule has 36 heavy (non-hydrogen) atoms. The predicted molar refractivity (Wildman–Crippen MR) is 143 cm³/mol. The van der Waals surface area contributed by atoms with Gasteiger partial charge in [0.15, 0.2) is 4.80 Å². The minimum absolute atomic E-state index is 0.209. The van der Waals surface area contributed by atoms with Gasteiger partial charge in [0.25, 0.3) is 5.56 Å². The van der Waals surface area contributed by atoms with E-state index in [1.54, 1.807) is 31.6 Å². The minimum Gasteiger partial charge on any atom is -0.496 e. The van der Waals surface area contributed by atoms with E-state index >= 15 is 0 Å². The first-order valence-corrected chi connectivity index (χ1v) is 13.2. The second kappa shape index (κ2) is 11.3. The van der Waals surface area contributed by atoms with E-state index in [2.05, 4.69) is 27.8 Å². The molecule has 0 saturated carbocycles. The average molecular weight is 571 g/mol. The zero-order chi connectivity index (χ0) is 25.8. The van der Waals surface area contributed by atoms with E-state index in [4.69, 9.17) is 14.2 Å². The second-order valence-corrected chi connectivity index (χ2v) is 10.0. The third kappa shape index (κ3) is 5.17. The van der Waals surface area contributed by atoms with Crippen LogP contribution in [0.5, 0.6) is 11.5 Å². The molecule has 3 aromatic rings. The second-order valence-electron chi connectivity index (χ2n) is 8.11. The van der Waals surface area contributed by atoms with Crippen LogP contribution >= 0.6 is 27.3 Å². The van der Waals surface area contributed by atoms with Crippen LogP contribution in [-0.2, 0) is 9.53 Å². The molecule has 0 unspecified atom stereocenters. The average Bonchev–Trinajstić information content (AvgIpc) is 3.17. The van der Waals surface area contributed by atoms with Gasteiger partial charge in [0.1, 0.15) is 17.5 Å². The van der Waals surface area contributed by atoms with Gasteiger partial charge in [0.2, 0.25) is 0 Å². The van der Waals surface area contributed by atoms with E-state index < -0.39 is 12.0 Å². The Morgan fingerprint density at radius 3 is 2.61 bits per heavy atom. The number of allylic oxidation sites excluding steroid dienone is 1. The first-order valence-electron chi connectivity index (χ1n) is 11.6. The maximum atomic E-state index is 13.8. The van der Waals surface area contributed by atoms with E-state index in [0.717, 1.165) is 22.2 Å². The van der Waals surface area contributed by atoms with Crippen molar-refractivity contribution in [2.45, 2.75) is 33.2 Å². The molecule has 0 N–H and O–H groups in total. The summed E-state index contributed by atoms with van der Waals surface area (Å²) in [6.07, 6.45) is 2.76. The molecule has 0 bridgehead atoms. The van der Waals surface area contributed by atoms with Gasteiger partial charge in [-0.15, -0.1) is 0 Å². The number of hydrogen-bond acceptors (Lipinski definition) is 7. The molecule has 1 aromatic heterocycles. The zero-order valence-corrected chi connectivity index (χ0v) is 22.9. The Balaban J connectivity index is 1.90. The van der Waals surface area contributed by atoms with Crippen molar-refractivity contribution in [2.75, 3.05) is 20.3 Å². The Morgan fingerprint density at radius 1 is 1.19 bits per heavy atom. The summed E-state index contributed by atoms with van der Waals surface area (Å²) in [4.78, 5) is 32.0. The van der Waals surface area contributed by atoms with Gasteiger partial charge in [0, 0.05) is 10.0 Å². The Labute approximate surface area is 221 Å². The van der Waals surface area contributed by atoms with E-state index in [0.29, 0.717) is 38.5 Å². The molecule has 188 valence electrons. The summed E-state index contributed by atoms with van der Waals surface area (Å²) >= 11 is 4.79. The predicted octanol–water partition coefficient (Wildman–Crippen LogP) is 4.36. The summed E-state index contributed by atoms with van der Waals surface area (Å²) in [5, 5.41) is 0. The lowest BCUT2D eigenvalue weighted by Gasteiger charge is -2.26. The fourth-order valence-electron chi connectivity index (χ4n) is 4.04. The first kappa shape index (κ1) is 25.9. The maximum Gasteiger partial charge on any atom is 0.338 e. The highest BCUT2D eigenvalue weighted by atomic mass is 79.9. The smallest absolute Gasteiger partial charge is 0.338 e. The van der Waals surface area contributed by atoms with Gasteiger partial charge in [-0.3, -0.25) is 9.36 Å². The van der Waals surface area contributed by atoms with Crippen LogP contribution in [0.25, 0.3) is 6.08 Å². The van der Waals surface area contributed by atoms with Gasteiger partial charge >= 0.3 is 5.97 Å². The van der Waals surface area contributed by atoms with Crippen molar-refractivity contribution in [3.05, 3.63) is 89.0 Å². The number of hydrogen-bond donors (Lipinski definition) is 0. The third-order valence-corrected chi connectivity index (χ3v) is 7.13. The van der Waals surface area contributed by atoms with E-state index in [9.17, 15) is 9.59 Å². The molecular formula is C27H27BrN2O5S. The van der Waals surface area contributed by atoms with E-state index in [1.807, 2.05) is 42.5 Å². The molecule has 0 saturated heterocycles. The molecular weight excluding hydrogens is 544 g/mol. The lowest BCUT2D eigenvalue weighted by molar-refractivity contribution is -0.139. The molecule has 0 spiro atoms. The third-order valence-electron chi connectivity index (χ3n) is 5.65. The largest absolute Gasteiger partial charge is 0.496 e. The number of fused-ring (bicyclic) bond motifs is 1. The van der Waals surface area contributed by atoms with Crippen molar-refractivity contribution >= 4 is 39.3 Å². The number of thiazole rings is 1. The lowest BCUT2D eigenvalue weighted by Crippen LogP contribution is -2.40. The van der Waals surface area contributed by atoms with Crippen LogP contribution in [0.1, 0.15) is 44.4 Å². The maximum absolute atomic E-state index is 13.8. The van der Waals surface area contributed by atoms with Crippen LogP contribution in [0.4, 0.5) is 0 Å². The summed E-state index contributed by atoms with van der Waals surface area (Å²) in [5.74, 6) is 0.826. The number of carbonyl (C=O) groups excluding carboxylic acids is 1. The summed E-state index contributed by atoms with van der Waals surface area (Å²) in [7, 11) is 1.56. The molecule has 9 heteroatoms. The molecule has 2 heterocycles. The summed E-state index contributed by atoms with van der Waals surface area (Å²) < 4.78 is 19.5. The van der Waals surface area contributed by atoms with Crippen molar-refractivity contribution < 1.29 is 19.0 Å². The van der Waals surface area contributed by atoms with E-state index in [1.165, 1.54) is 11.3 Å². The van der Waals surface area contributed by atoms with Crippen LogP contribution in [0.2, 0.25) is 0 Å². The highest BCUT2D eigenvalue weighted by Gasteiger charge is 2.35. The molecule has 0 radical (unpaired) electrons. The Bertz CT molecular complexity index is 1490. The number of rotatable bonds is 8.